The Kier molecular flexibility index (Phi) is 5.73. The number of hydrogen-bond acceptors (Lipinski definition) is 5. The predicted molar refractivity (Wildman–Crippen MR) is 97.7 cm³/mol. The van der Waals surface area contributed by atoms with E-state index in [1.165, 1.54) is 0 Å². The number of halogens is 1. The lowest BCUT2D eigenvalue weighted by atomic mass is 10.2. The SMILES string of the molecule is COc1ccc(Cl)cc1NC(=O)c1ccnc(NCC2CCCO2)c1. The van der Waals surface area contributed by atoms with Crippen LogP contribution in [-0.2, 0) is 4.74 Å². The average molecular weight is 362 g/mol. The average Bonchev–Trinajstić information content (AvgIpc) is 3.14. The number of hydrogen-bond donors (Lipinski definition) is 2. The van der Waals surface area contributed by atoms with E-state index in [2.05, 4.69) is 15.6 Å². The third kappa shape index (κ3) is 4.61. The monoisotopic (exact) mass is 361 g/mol. The standard InChI is InChI=1S/C18H20ClN3O3/c1-24-16-5-4-13(19)10-15(16)22-18(23)12-6-7-20-17(9-12)21-11-14-3-2-8-25-14/h4-7,9-10,14H,2-3,8,11H2,1H3,(H,20,21)(H,22,23). The summed E-state index contributed by atoms with van der Waals surface area (Å²) in [6.45, 7) is 1.49. The normalized spacial score (nSPS) is 16.5. The van der Waals surface area contributed by atoms with Crippen LogP contribution in [0.25, 0.3) is 0 Å². The molecule has 7 heteroatoms. The van der Waals surface area contributed by atoms with Crippen molar-refractivity contribution < 1.29 is 14.3 Å². The maximum Gasteiger partial charge on any atom is 0.255 e. The van der Waals surface area contributed by atoms with Crippen molar-refractivity contribution in [3.05, 3.63) is 47.1 Å². The van der Waals surface area contributed by atoms with Gasteiger partial charge in [0.1, 0.15) is 11.6 Å². The highest BCUT2D eigenvalue weighted by Gasteiger charge is 2.16. The summed E-state index contributed by atoms with van der Waals surface area (Å²) in [5.74, 6) is 0.924. The molecule has 2 heterocycles. The number of nitrogens with zero attached hydrogens (tertiary/aromatic N) is 1. The van der Waals surface area contributed by atoms with Gasteiger partial charge in [-0.05, 0) is 43.2 Å². The molecule has 1 aliphatic heterocycles. The number of ether oxygens (including phenoxy) is 2. The second-order valence-corrected chi connectivity index (χ2v) is 6.18. The summed E-state index contributed by atoms with van der Waals surface area (Å²) in [6.07, 6.45) is 3.93. The van der Waals surface area contributed by atoms with Gasteiger partial charge in [0, 0.05) is 29.9 Å². The van der Waals surface area contributed by atoms with Gasteiger partial charge in [0.2, 0.25) is 0 Å². The molecule has 1 unspecified atom stereocenters. The van der Waals surface area contributed by atoms with Crippen LogP contribution in [0.5, 0.6) is 5.75 Å². The van der Waals surface area contributed by atoms with Gasteiger partial charge in [-0.25, -0.2) is 4.98 Å². The zero-order valence-electron chi connectivity index (χ0n) is 13.9. The van der Waals surface area contributed by atoms with Crippen LogP contribution in [-0.4, -0.2) is 37.3 Å². The van der Waals surface area contributed by atoms with E-state index in [0.717, 1.165) is 19.4 Å². The summed E-state index contributed by atoms with van der Waals surface area (Å²) in [6, 6.07) is 8.43. The molecule has 0 bridgehead atoms. The molecule has 25 heavy (non-hydrogen) atoms. The highest BCUT2D eigenvalue weighted by molar-refractivity contribution is 6.31. The molecule has 0 aliphatic carbocycles. The van der Waals surface area contributed by atoms with Crippen LogP contribution >= 0.6 is 11.6 Å². The van der Waals surface area contributed by atoms with Crippen LogP contribution in [0.15, 0.2) is 36.5 Å². The molecule has 1 saturated heterocycles. The Morgan fingerprint density at radius 3 is 3.04 bits per heavy atom. The molecule has 1 aromatic heterocycles. The van der Waals surface area contributed by atoms with Crippen molar-refractivity contribution in [1.29, 1.82) is 0 Å². The maximum atomic E-state index is 12.5. The van der Waals surface area contributed by atoms with Gasteiger partial charge < -0.3 is 20.1 Å². The third-order valence-corrected chi connectivity index (χ3v) is 4.20. The van der Waals surface area contributed by atoms with E-state index in [-0.39, 0.29) is 12.0 Å². The van der Waals surface area contributed by atoms with Crippen LogP contribution in [0.4, 0.5) is 11.5 Å². The number of amides is 1. The van der Waals surface area contributed by atoms with E-state index in [9.17, 15) is 4.79 Å². The molecule has 1 amide bonds. The molecule has 1 aliphatic rings. The quantitative estimate of drug-likeness (QED) is 0.822. The van der Waals surface area contributed by atoms with E-state index < -0.39 is 0 Å². The fraction of sp³-hybridized carbons (Fsp3) is 0.333. The number of rotatable bonds is 6. The van der Waals surface area contributed by atoms with Crippen molar-refractivity contribution in [2.75, 3.05) is 30.9 Å². The first-order valence-corrected chi connectivity index (χ1v) is 8.50. The minimum atomic E-state index is -0.261. The van der Waals surface area contributed by atoms with Crippen molar-refractivity contribution in [2.45, 2.75) is 18.9 Å². The Labute approximate surface area is 151 Å². The summed E-state index contributed by atoms with van der Waals surface area (Å²) >= 11 is 5.99. The number of benzene rings is 1. The van der Waals surface area contributed by atoms with Crippen LogP contribution in [0, 0.1) is 0 Å². The lowest BCUT2D eigenvalue weighted by Gasteiger charge is -2.13. The van der Waals surface area contributed by atoms with Crippen LogP contribution in [0.3, 0.4) is 0 Å². The Hall–Kier alpha value is -2.31. The summed E-state index contributed by atoms with van der Waals surface area (Å²) in [7, 11) is 1.54. The number of aromatic nitrogens is 1. The number of nitrogens with one attached hydrogen (secondary N) is 2. The lowest BCUT2D eigenvalue weighted by molar-refractivity contribution is 0.102. The number of carbonyl (C=O) groups is 1. The Morgan fingerprint density at radius 1 is 1.40 bits per heavy atom. The molecule has 1 aromatic carbocycles. The van der Waals surface area contributed by atoms with Gasteiger partial charge in [0.15, 0.2) is 0 Å². The first kappa shape index (κ1) is 17.5. The second-order valence-electron chi connectivity index (χ2n) is 5.74. The van der Waals surface area contributed by atoms with Gasteiger partial charge in [-0.3, -0.25) is 4.79 Å². The summed E-state index contributed by atoms with van der Waals surface area (Å²) in [5.41, 5.74) is 1.01. The molecule has 0 spiro atoms. The Morgan fingerprint density at radius 2 is 2.28 bits per heavy atom. The molecule has 3 rings (SSSR count). The van der Waals surface area contributed by atoms with Crippen molar-refractivity contribution >= 4 is 29.0 Å². The van der Waals surface area contributed by atoms with Crippen molar-refractivity contribution in [3.8, 4) is 5.75 Å². The molecule has 0 radical (unpaired) electrons. The first-order chi connectivity index (χ1) is 12.2. The molecule has 1 atom stereocenters. The first-order valence-electron chi connectivity index (χ1n) is 8.12. The van der Waals surface area contributed by atoms with E-state index in [4.69, 9.17) is 21.1 Å². The van der Waals surface area contributed by atoms with Gasteiger partial charge in [0.05, 0.1) is 18.9 Å². The number of methoxy groups -OCH3 is 1. The van der Waals surface area contributed by atoms with Crippen molar-refractivity contribution in [1.82, 2.24) is 4.98 Å². The molecule has 2 aromatic rings. The minimum absolute atomic E-state index is 0.204. The summed E-state index contributed by atoms with van der Waals surface area (Å²) < 4.78 is 10.8. The smallest absolute Gasteiger partial charge is 0.255 e. The topological polar surface area (TPSA) is 72.5 Å². The highest BCUT2D eigenvalue weighted by atomic mass is 35.5. The molecule has 132 valence electrons. The van der Waals surface area contributed by atoms with Gasteiger partial charge in [-0.1, -0.05) is 11.6 Å². The number of carbonyl (C=O) groups excluding carboxylic acids is 1. The van der Waals surface area contributed by atoms with Crippen LogP contribution < -0.4 is 15.4 Å². The fourth-order valence-electron chi connectivity index (χ4n) is 2.66. The maximum absolute atomic E-state index is 12.5. The van der Waals surface area contributed by atoms with E-state index >= 15 is 0 Å². The number of anilines is 2. The zero-order chi connectivity index (χ0) is 17.6. The highest BCUT2D eigenvalue weighted by Crippen LogP contribution is 2.28. The predicted octanol–water partition coefficient (Wildman–Crippen LogP) is 3.59. The largest absolute Gasteiger partial charge is 0.495 e. The molecule has 1 fully saturated rings. The van der Waals surface area contributed by atoms with Crippen LogP contribution in [0.1, 0.15) is 23.2 Å². The van der Waals surface area contributed by atoms with Crippen LogP contribution in [0.2, 0.25) is 5.02 Å². The van der Waals surface area contributed by atoms with E-state index in [1.54, 1.807) is 43.6 Å². The van der Waals surface area contributed by atoms with Gasteiger partial charge >= 0.3 is 0 Å². The van der Waals surface area contributed by atoms with Gasteiger partial charge in [-0.15, -0.1) is 0 Å². The van der Waals surface area contributed by atoms with Gasteiger partial charge in [0.25, 0.3) is 5.91 Å². The lowest BCUT2D eigenvalue weighted by Crippen LogP contribution is -2.19. The third-order valence-electron chi connectivity index (χ3n) is 3.97. The van der Waals surface area contributed by atoms with E-state index in [1.807, 2.05) is 0 Å². The number of pyridine rings is 1. The molecule has 6 nitrogen and oxygen atoms in total. The minimum Gasteiger partial charge on any atom is -0.495 e. The second kappa shape index (κ2) is 8.18. The van der Waals surface area contributed by atoms with Crippen molar-refractivity contribution in [2.24, 2.45) is 0 Å². The molecular formula is C18H20ClN3O3. The molecular weight excluding hydrogens is 342 g/mol. The van der Waals surface area contributed by atoms with Crippen molar-refractivity contribution in [3.63, 3.8) is 0 Å². The summed E-state index contributed by atoms with van der Waals surface area (Å²) in [4.78, 5) is 16.8. The Balaban J connectivity index is 1.67. The van der Waals surface area contributed by atoms with E-state index in [0.29, 0.717) is 34.4 Å². The Bertz CT molecular complexity index is 748. The van der Waals surface area contributed by atoms with Gasteiger partial charge in [-0.2, -0.15) is 0 Å². The molecule has 0 saturated carbocycles. The molecule has 2 N–H and O–H groups in total. The fourth-order valence-corrected chi connectivity index (χ4v) is 2.84. The summed E-state index contributed by atoms with van der Waals surface area (Å²) in [5, 5.41) is 6.55. The zero-order valence-corrected chi connectivity index (χ0v) is 14.7.